The molecule has 0 aliphatic carbocycles. The predicted octanol–water partition coefficient (Wildman–Crippen LogP) is 0.788. The Labute approximate surface area is 81.1 Å². The van der Waals surface area contributed by atoms with Gasteiger partial charge in [-0.15, -0.1) is 0 Å². The number of hydrogen-bond acceptors (Lipinski definition) is 4. The van der Waals surface area contributed by atoms with E-state index in [1.807, 2.05) is 0 Å². The molecule has 0 aliphatic rings. The number of benzene rings is 1. The highest BCUT2D eigenvalue weighted by Crippen LogP contribution is 2.29. The van der Waals surface area contributed by atoms with Crippen LogP contribution in [-0.2, 0) is 0 Å². The fourth-order valence-electron chi connectivity index (χ4n) is 0.993. The first-order chi connectivity index (χ1) is 6.69. The van der Waals surface area contributed by atoms with Crippen molar-refractivity contribution in [3.63, 3.8) is 0 Å². The molecule has 0 bridgehead atoms. The molecule has 0 atom stereocenters. The van der Waals surface area contributed by atoms with Crippen LogP contribution >= 0.6 is 0 Å². The van der Waals surface area contributed by atoms with Crippen LogP contribution in [0.1, 0.15) is 0 Å². The third-order valence-electron chi connectivity index (χ3n) is 1.63. The normalized spacial score (nSPS) is 9.93. The summed E-state index contributed by atoms with van der Waals surface area (Å²) in [6, 6.07) is 2.46. The van der Waals surface area contributed by atoms with Crippen molar-refractivity contribution in [3.05, 3.63) is 17.9 Å². The summed E-state index contributed by atoms with van der Waals surface area (Å²) in [7, 11) is 1.43. The average Bonchev–Trinajstić information content (AvgIpc) is 2.17. The van der Waals surface area contributed by atoms with Crippen molar-refractivity contribution in [2.24, 2.45) is 0 Å². The molecule has 4 nitrogen and oxygen atoms in total. The lowest BCUT2D eigenvalue weighted by molar-refractivity contribution is 0.196. The van der Waals surface area contributed by atoms with Crippen LogP contribution in [0.2, 0.25) is 0 Å². The minimum Gasteiger partial charge on any atom is -0.494 e. The van der Waals surface area contributed by atoms with Crippen molar-refractivity contribution in [3.8, 4) is 11.5 Å². The van der Waals surface area contributed by atoms with E-state index in [4.69, 9.17) is 20.3 Å². The van der Waals surface area contributed by atoms with Crippen molar-refractivity contribution in [2.45, 2.75) is 0 Å². The van der Waals surface area contributed by atoms with Gasteiger partial charge in [0, 0.05) is 12.1 Å². The van der Waals surface area contributed by atoms with Gasteiger partial charge in [-0.2, -0.15) is 0 Å². The SMILES string of the molecule is COc1cc(OCCO)c(F)cc1N. The topological polar surface area (TPSA) is 64.7 Å². The van der Waals surface area contributed by atoms with Gasteiger partial charge >= 0.3 is 0 Å². The Morgan fingerprint density at radius 1 is 1.43 bits per heavy atom. The largest absolute Gasteiger partial charge is 0.494 e. The Bertz CT molecular complexity index is 317. The molecule has 0 heterocycles. The number of hydrogen-bond donors (Lipinski definition) is 2. The molecule has 0 aliphatic heterocycles. The quantitative estimate of drug-likeness (QED) is 0.707. The standard InChI is InChI=1S/C9H12FNO3/c1-13-9-5-8(14-3-2-12)6(10)4-7(9)11/h4-5,12H,2-3,11H2,1H3. The zero-order valence-electron chi connectivity index (χ0n) is 7.79. The number of ether oxygens (including phenoxy) is 2. The van der Waals surface area contributed by atoms with Gasteiger partial charge in [-0.05, 0) is 0 Å². The molecular formula is C9H12FNO3. The molecule has 1 rings (SSSR count). The third kappa shape index (κ3) is 2.26. The zero-order chi connectivity index (χ0) is 10.6. The van der Waals surface area contributed by atoms with Gasteiger partial charge in [0.15, 0.2) is 11.6 Å². The number of methoxy groups -OCH3 is 1. The van der Waals surface area contributed by atoms with E-state index >= 15 is 0 Å². The second kappa shape index (κ2) is 4.66. The maximum absolute atomic E-state index is 13.1. The number of rotatable bonds is 4. The Balaban J connectivity index is 2.92. The lowest BCUT2D eigenvalue weighted by atomic mass is 10.2. The van der Waals surface area contributed by atoms with E-state index in [1.165, 1.54) is 13.2 Å². The van der Waals surface area contributed by atoms with Gasteiger partial charge < -0.3 is 20.3 Å². The predicted molar refractivity (Wildman–Crippen MR) is 49.9 cm³/mol. The number of aliphatic hydroxyl groups excluding tert-OH is 1. The highest BCUT2D eigenvalue weighted by Gasteiger charge is 2.08. The van der Waals surface area contributed by atoms with Crippen LogP contribution in [0, 0.1) is 5.82 Å². The molecule has 1 aromatic rings. The maximum atomic E-state index is 13.1. The van der Waals surface area contributed by atoms with Crippen LogP contribution in [-0.4, -0.2) is 25.4 Å². The molecule has 0 amide bonds. The van der Waals surface area contributed by atoms with Gasteiger partial charge in [0.05, 0.1) is 19.4 Å². The minimum atomic E-state index is -0.572. The summed E-state index contributed by atoms with van der Waals surface area (Å²) in [5.74, 6) is -0.207. The van der Waals surface area contributed by atoms with E-state index in [0.717, 1.165) is 6.07 Å². The first-order valence-corrected chi connectivity index (χ1v) is 4.05. The van der Waals surface area contributed by atoms with Crippen LogP contribution < -0.4 is 15.2 Å². The van der Waals surface area contributed by atoms with Crippen LogP contribution in [0.3, 0.4) is 0 Å². The molecule has 0 spiro atoms. The third-order valence-corrected chi connectivity index (χ3v) is 1.63. The maximum Gasteiger partial charge on any atom is 0.167 e. The van der Waals surface area contributed by atoms with Crippen LogP contribution in [0.5, 0.6) is 11.5 Å². The summed E-state index contributed by atoms with van der Waals surface area (Å²) in [6.45, 7) is -0.143. The van der Waals surface area contributed by atoms with E-state index in [1.54, 1.807) is 0 Å². The van der Waals surface area contributed by atoms with Gasteiger partial charge in [-0.3, -0.25) is 0 Å². The van der Waals surface area contributed by atoms with Crippen LogP contribution in [0.4, 0.5) is 10.1 Å². The van der Waals surface area contributed by atoms with Gasteiger partial charge in [0.2, 0.25) is 0 Å². The smallest absolute Gasteiger partial charge is 0.167 e. The molecule has 0 aromatic heterocycles. The fourth-order valence-corrected chi connectivity index (χ4v) is 0.993. The van der Waals surface area contributed by atoms with Crippen molar-refractivity contribution < 1.29 is 19.0 Å². The zero-order valence-corrected chi connectivity index (χ0v) is 7.79. The van der Waals surface area contributed by atoms with E-state index in [0.29, 0.717) is 5.75 Å². The van der Waals surface area contributed by atoms with Crippen molar-refractivity contribution in [1.82, 2.24) is 0 Å². The molecule has 14 heavy (non-hydrogen) atoms. The van der Waals surface area contributed by atoms with E-state index in [-0.39, 0.29) is 24.7 Å². The summed E-state index contributed by atoms with van der Waals surface area (Å²) in [5, 5.41) is 8.50. The molecule has 5 heteroatoms. The lowest BCUT2D eigenvalue weighted by Gasteiger charge is -2.09. The van der Waals surface area contributed by atoms with Crippen LogP contribution in [0.25, 0.3) is 0 Å². The molecule has 0 saturated heterocycles. The summed E-state index contributed by atoms with van der Waals surface area (Å²) in [6.07, 6.45) is 0. The highest BCUT2D eigenvalue weighted by atomic mass is 19.1. The number of aliphatic hydroxyl groups is 1. The molecule has 3 N–H and O–H groups in total. The molecule has 0 saturated carbocycles. The Kier molecular flexibility index (Phi) is 3.53. The summed E-state index contributed by atoms with van der Waals surface area (Å²) < 4.78 is 23.0. The van der Waals surface area contributed by atoms with Gasteiger partial charge in [-0.25, -0.2) is 4.39 Å². The summed E-state index contributed by atoms with van der Waals surface area (Å²) in [5.41, 5.74) is 5.67. The fraction of sp³-hybridized carbons (Fsp3) is 0.333. The summed E-state index contributed by atoms with van der Waals surface area (Å²) in [4.78, 5) is 0. The molecule has 1 aromatic carbocycles. The average molecular weight is 201 g/mol. The number of halogens is 1. The minimum absolute atomic E-state index is 0.0186. The second-order valence-electron chi connectivity index (χ2n) is 2.60. The van der Waals surface area contributed by atoms with Gasteiger partial charge in [-0.1, -0.05) is 0 Å². The number of nitrogen functional groups attached to an aromatic ring is 1. The Hall–Kier alpha value is -1.49. The second-order valence-corrected chi connectivity index (χ2v) is 2.60. The molecule has 0 radical (unpaired) electrons. The Morgan fingerprint density at radius 3 is 2.71 bits per heavy atom. The van der Waals surface area contributed by atoms with E-state index in [9.17, 15) is 4.39 Å². The van der Waals surface area contributed by atoms with Crippen LogP contribution in [0.15, 0.2) is 12.1 Å². The molecule has 0 unspecified atom stereocenters. The summed E-state index contributed by atoms with van der Waals surface area (Å²) >= 11 is 0. The first kappa shape index (κ1) is 10.6. The number of anilines is 1. The van der Waals surface area contributed by atoms with Crippen molar-refractivity contribution >= 4 is 5.69 Å². The van der Waals surface area contributed by atoms with Gasteiger partial charge in [0.25, 0.3) is 0 Å². The number of nitrogens with two attached hydrogens (primary N) is 1. The van der Waals surface area contributed by atoms with Crippen molar-refractivity contribution in [1.29, 1.82) is 0 Å². The molecule has 78 valence electrons. The lowest BCUT2D eigenvalue weighted by Crippen LogP contribution is -2.04. The van der Waals surface area contributed by atoms with Crippen molar-refractivity contribution in [2.75, 3.05) is 26.1 Å². The highest BCUT2D eigenvalue weighted by molar-refractivity contribution is 5.56. The monoisotopic (exact) mass is 201 g/mol. The Morgan fingerprint density at radius 2 is 2.14 bits per heavy atom. The first-order valence-electron chi connectivity index (χ1n) is 4.05. The molecular weight excluding hydrogens is 189 g/mol. The van der Waals surface area contributed by atoms with E-state index < -0.39 is 5.82 Å². The van der Waals surface area contributed by atoms with E-state index in [2.05, 4.69) is 0 Å². The van der Waals surface area contributed by atoms with Gasteiger partial charge in [0.1, 0.15) is 12.4 Å². The molecule has 0 fully saturated rings.